The fourth-order valence-electron chi connectivity index (χ4n) is 1.42. The summed E-state index contributed by atoms with van der Waals surface area (Å²) in [6, 6.07) is 0. The molecular formula is C10H18N8. The first-order valence-corrected chi connectivity index (χ1v) is 5.78. The van der Waals surface area contributed by atoms with Crippen molar-refractivity contribution < 1.29 is 0 Å². The minimum absolute atomic E-state index is 0.0432. The van der Waals surface area contributed by atoms with Gasteiger partial charge >= 0.3 is 0 Å². The van der Waals surface area contributed by atoms with Crippen LogP contribution >= 0.6 is 0 Å². The van der Waals surface area contributed by atoms with E-state index in [1.165, 1.54) is 11.1 Å². The summed E-state index contributed by atoms with van der Waals surface area (Å²) in [5.74, 6) is 1.48. The summed E-state index contributed by atoms with van der Waals surface area (Å²) in [6.45, 7) is 7.46. The maximum absolute atomic E-state index is 4.23. The van der Waals surface area contributed by atoms with E-state index in [4.69, 9.17) is 0 Å². The molecule has 0 aliphatic rings. The Bertz CT molecular complexity index is 506. The van der Waals surface area contributed by atoms with Crippen LogP contribution < -0.4 is 5.32 Å². The van der Waals surface area contributed by atoms with Gasteiger partial charge in [0, 0.05) is 5.54 Å². The van der Waals surface area contributed by atoms with Gasteiger partial charge in [0.1, 0.15) is 18.7 Å². The average molecular weight is 250 g/mol. The molecule has 0 bridgehead atoms. The van der Waals surface area contributed by atoms with Gasteiger partial charge in [0.05, 0.1) is 13.6 Å². The fourth-order valence-corrected chi connectivity index (χ4v) is 1.42. The molecule has 0 amide bonds. The van der Waals surface area contributed by atoms with E-state index >= 15 is 0 Å². The summed E-state index contributed by atoms with van der Waals surface area (Å²) in [7, 11) is 1.74. The van der Waals surface area contributed by atoms with Crippen LogP contribution in [0, 0.1) is 0 Å². The molecule has 0 spiro atoms. The zero-order valence-electron chi connectivity index (χ0n) is 11.1. The Morgan fingerprint density at radius 3 is 2.72 bits per heavy atom. The van der Waals surface area contributed by atoms with Crippen molar-refractivity contribution >= 4 is 0 Å². The molecule has 0 aliphatic carbocycles. The largest absolute Gasteiger partial charge is 0.305 e. The lowest BCUT2D eigenvalue weighted by atomic mass is 10.1. The number of nitrogens with zero attached hydrogens (tertiary/aromatic N) is 7. The van der Waals surface area contributed by atoms with Crippen LogP contribution in [0.2, 0.25) is 0 Å². The SMILES string of the molecule is Cn1nnc(Cn2ncnc2CNC(C)(C)C)n1. The summed E-state index contributed by atoms with van der Waals surface area (Å²) in [4.78, 5) is 5.66. The van der Waals surface area contributed by atoms with Crippen LogP contribution in [-0.2, 0) is 20.1 Å². The van der Waals surface area contributed by atoms with Crippen molar-refractivity contribution in [3.05, 3.63) is 18.0 Å². The first kappa shape index (κ1) is 12.6. The second-order valence-electron chi connectivity index (χ2n) is 5.13. The molecule has 0 fully saturated rings. The van der Waals surface area contributed by atoms with Crippen molar-refractivity contribution in [1.82, 2.24) is 40.3 Å². The third kappa shape index (κ3) is 3.33. The Labute approximate surface area is 105 Å². The second kappa shape index (κ2) is 4.81. The molecule has 98 valence electrons. The van der Waals surface area contributed by atoms with Gasteiger partial charge in [0.15, 0.2) is 5.82 Å². The van der Waals surface area contributed by atoms with Gasteiger partial charge in [-0.3, -0.25) is 0 Å². The lowest BCUT2D eigenvalue weighted by molar-refractivity contribution is 0.409. The topological polar surface area (TPSA) is 86.3 Å². The van der Waals surface area contributed by atoms with Crippen LogP contribution in [0.4, 0.5) is 0 Å². The van der Waals surface area contributed by atoms with Crippen LogP contribution in [0.3, 0.4) is 0 Å². The van der Waals surface area contributed by atoms with Crippen LogP contribution in [0.1, 0.15) is 32.4 Å². The molecule has 18 heavy (non-hydrogen) atoms. The van der Waals surface area contributed by atoms with Crippen LogP contribution in [0.15, 0.2) is 6.33 Å². The third-order valence-corrected chi connectivity index (χ3v) is 2.31. The molecule has 0 saturated carbocycles. The molecule has 1 N–H and O–H groups in total. The molecule has 2 heterocycles. The molecule has 0 atom stereocenters. The van der Waals surface area contributed by atoms with Gasteiger partial charge in [-0.05, 0) is 26.0 Å². The van der Waals surface area contributed by atoms with E-state index < -0.39 is 0 Å². The van der Waals surface area contributed by atoms with Crippen molar-refractivity contribution in [2.75, 3.05) is 0 Å². The van der Waals surface area contributed by atoms with Gasteiger partial charge in [-0.2, -0.15) is 9.90 Å². The molecule has 0 aromatic carbocycles. The molecule has 8 nitrogen and oxygen atoms in total. The number of aromatic nitrogens is 7. The van der Waals surface area contributed by atoms with Gasteiger partial charge in [-0.15, -0.1) is 10.2 Å². The lowest BCUT2D eigenvalue weighted by Crippen LogP contribution is -2.36. The van der Waals surface area contributed by atoms with Crippen molar-refractivity contribution in [2.24, 2.45) is 7.05 Å². The summed E-state index contributed by atoms with van der Waals surface area (Å²) < 4.78 is 1.77. The molecule has 0 aliphatic heterocycles. The number of hydrogen-bond acceptors (Lipinski definition) is 6. The lowest BCUT2D eigenvalue weighted by Gasteiger charge is -2.20. The van der Waals surface area contributed by atoms with E-state index in [2.05, 4.69) is 51.6 Å². The number of hydrogen-bond donors (Lipinski definition) is 1. The summed E-state index contributed by atoms with van der Waals surface area (Å²) in [5, 5.41) is 19.4. The quantitative estimate of drug-likeness (QED) is 0.804. The third-order valence-electron chi connectivity index (χ3n) is 2.31. The Morgan fingerprint density at radius 1 is 1.33 bits per heavy atom. The standard InChI is InChI=1S/C10H18N8/c1-10(2,3)12-5-9-11-7-13-18(9)6-8-14-16-17(4)15-8/h7,12H,5-6H2,1-4H3. The van der Waals surface area contributed by atoms with Crippen LogP contribution in [-0.4, -0.2) is 40.5 Å². The van der Waals surface area contributed by atoms with E-state index in [0.717, 1.165) is 5.82 Å². The second-order valence-corrected chi connectivity index (χ2v) is 5.13. The van der Waals surface area contributed by atoms with Gasteiger partial charge in [0.2, 0.25) is 0 Å². The summed E-state index contributed by atoms with van der Waals surface area (Å²) in [5.41, 5.74) is 0.0432. The highest BCUT2D eigenvalue weighted by atomic mass is 15.6. The maximum Gasteiger partial charge on any atom is 0.196 e. The zero-order valence-corrected chi connectivity index (χ0v) is 11.1. The molecule has 2 aromatic heterocycles. The molecule has 0 saturated heterocycles. The Balaban J connectivity index is 2.03. The van der Waals surface area contributed by atoms with Crippen molar-refractivity contribution in [1.29, 1.82) is 0 Å². The number of tetrazole rings is 1. The molecule has 0 unspecified atom stereocenters. The predicted octanol–water partition coefficient (Wildman–Crippen LogP) is -0.262. The molecule has 2 rings (SSSR count). The van der Waals surface area contributed by atoms with Gasteiger partial charge in [0.25, 0.3) is 0 Å². The molecular weight excluding hydrogens is 232 g/mol. The number of aryl methyl sites for hydroxylation is 1. The highest BCUT2D eigenvalue weighted by Crippen LogP contribution is 2.03. The fraction of sp³-hybridized carbons (Fsp3) is 0.700. The maximum atomic E-state index is 4.23. The Hall–Kier alpha value is -1.83. The highest BCUT2D eigenvalue weighted by molar-refractivity contribution is 4.90. The average Bonchev–Trinajstić information content (AvgIpc) is 2.85. The van der Waals surface area contributed by atoms with Crippen LogP contribution in [0.25, 0.3) is 0 Å². The summed E-state index contributed by atoms with van der Waals surface area (Å²) in [6.07, 6.45) is 1.54. The monoisotopic (exact) mass is 250 g/mol. The van der Waals surface area contributed by atoms with Gasteiger partial charge in [-0.1, -0.05) is 0 Å². The Morgan fingerprint density at radius 2 is 2.11 bits per heavy atom. The zero-order chi connectivity index (χ0) is 13.2. The van der Waals surface area contributed by atoms with Crippen molar-refractivity contribution in [3.8, 4) is 0 Å². The number of rotatable bonds is 4. The normalized spacial score (nSPS) is 12.0. The predicted molar refractivity (Wildman–Crippen MR) is 64.5 cm³/mol. The van der Waals surface area contributed by atoms with Crippen molar-refractivity contribution in [2.45, 2.75) is 39.4 Å². The van der Waals surface area contributed by atoms with E-state index in [9.17, 15) is 0 Å². The van der Waals surface area contributed by atoms with Gasteiger partial charge in [-0.25, -0.2) is 9.67 Å². The Kier molecular flexibility index (Phi) is 3.37. The van der Waals surface area contributed by atoms with E-state index in [-0.39, 0.29) is 5.54 Å². The van der Waals surface area contributed by atoms with E-state index in [0.29, 0.717) is 18.9 Å². The number of nitrogens with one attached hydrogen (secondary N) is 1. The molecule has 8 heteroatoms. The van der Waals surface area contributed by atoms with E-state index in [1.807, 2.05) is 0 Å². The minimum Gasteiger partial charge on any atom is -0.305 e. The molecule has 0 radical (unpaired) electrons. The molecule has 2 aromatic rings. The summed E-state index contributed by atoms with van der Waals surface area (Å²) >= 11 is 0. The smallest absolute Gasteiger partial charge is 0.196 e. The van der Waals surface area contributed by atoms with Crippen molar-refractivity contribution in [3.63, 3.8) is 0 Å². The minimum atomic E-state index is 0.0432. The highest BCUT2D eigenvalue weighted by Gasteiger charge is 2.12. The first-order valence-electron chi connectivity index (χ1n) is 5.78. The van der Waals surface area contributed by atoms with Gasteiger partial charge < -0.3 is 5.32 Å². The first-order chi connectivity index (χ1) is 8.44. The van der Waals surface area contributed by atoms with E-state index in [1.54, 1.807) is 11.7 Å². The van der Waals surface area contributed by atoms with Crippen LogP contribution in [0.5, 0.6) is 0 Å².